The van der Waals surface area contributed by atoms with Gasteiger partial charge in [0, 0.05) is 16.9 Å². The topological polar surface area (TPSA) is 273 Å². The van der Waals surface area contributed by atoms with Gasteiger partial charge in [0.1, 0.15) is 31.2 Å². The quantitative estimate of drug-likeness (QED) is 0.0363. The van der Waals surface area contributed by atoms with Gasteiger partial charge in [0.25, 0.3) is 11.5 Å². The number of rotatable bonds is 17. The Hall–Kier alpha value is -5.35. The van der Waals surface area contributed by atoms with Crippen molar-refractivity contribution in [2.75, 3.05) is 37.0 Å². The molecule has 4 aromatic heterocycles. The molecular weight excluding hydrogens is 913 g/mol. The van der Waals surface area contributed by atoms with Crippen LogP contribution in [0.5, 0.6) is 0 Å². The highest BCUT2D eigenvalue weighted by Gasteiger charge is 2.74. The molecule has 22 nitrogen and oxygen atoms in total. The summed E-state index contributed by atoms with van der Waals surface area (Å²) in [5, 5.41) is 27.7. The number of alkyl halides is 1. The van der Waals surface area contributed by atoms with Crippen LogP contribution in [0.4, 0.5) is 16.2 Å². The van der Waals surface area contributed by atoms with Crippen LogP contribution in [0.3, 0.4) is 0 Å². The largest absolute Gasteiger partial charge is 0.475 e. The molecule has 0 spiro atoms. The van der Waals surface area contributed by atoms with Crippen LogP contribution >= 0.6 is 7.82 Å². The van der Waals surface area contributed by atoms with E-state index in [1.54, 1.807) is 48.7 Å². The fourth-order valence-electron chi connectivity index (χ4n) is 8.38. The molecule has 2 unspecified atom stereocenters. The van der Waals surface area contributed by atoms with Crippen molar-refractivity contribution in [1.29, 1.82) is 0 Å². The standard InChI is InChI=1S/C42H53FN11O11PSi/c1-22(2)36(57)51-40-50-35-28(38(59)52-40)48-20-53(35)29-24-16-42(24,32(30(29)56)65-67(7,8)41(3,4)5)18-62-66(60,61-15-14-44-6)64-31-25(17-55)63-39(26(31)43)54-21-47-27-33(45-19-46-34(27)54)49-37(58)23-12-10-9-11-13-23/h9-13,19-22,24-26,29-32,39,55-56H,14-18H2,1-5,7-8H3,(H,45,46,49,58)(H2,50,51,52,57,59)/t24-,25-,26-,29-,30+,31-,32+,39-,42?,66?/m1/s1. The number of carbonyl (C=O) groups excluding carboxylic acids is 2. The SMILES string of the molecule is [C-]#[N+]CCOP(=O)(OCC12C[C@@H]1[C@@H](n1cnc3c(=O)[nH]c(NC(=O)C(C)C)nc31)[C@H](O)[C@@H]2O[Si](C)(C)C(C)(C)C)O[C@H]1[C@@H](F)[C@H](n2cnc3c(NC(=O)c4ccccc4)ncnc32)O[C@@H]1CO. The van der Waals surface area contributed by atoms with Crippen LogP contribution in [-0.2, 0) is 32.1 Å². The smallest absolute Gasteiger partial charge is 0.411 e. The maximum Gasteiger partial charge on any atom is 0.475 e. The van der Waals surface area contributed by atoms with Gasteiger partial charge in [-0.1, -0.05) is 52.8 Å². The van der Waals surface area contributed by atoms with E-state index in [2.05, 4.69) is 45.4 Å². The van der Waals surface area contributed by atoms with Gasteiger partial charge in [-0.2, -0.15) is 4.98 Å². The minimum Gasteiger partial charge on any atom is -0.411 e. The summed E-state index contributed by atoms with van der Waals surface area (Å²) >= 11 is 0. The van der Waals surface area contributed by atoms with Gasteiger partial charge >= 0.3 is 7.82 Å². The zero-order valence-corrected chi connectivity index (χ0v) is 39.7. The molecule has 5 heterocycles. The molecule has 1 saturated heterocycles. The number of fused-ring (bicyclic) bond motifs is 3. The number of imidazole rings is 2. The van der Waals surface area contributed by atoms with E-state index in [0.29, 0.717) is 12.0 Å². The van der Waals surface area contributed by atoms with Crippen LogP contribution in [0, 0.1) is 23.8 Å². The van der Waals surface area contributed by atoms with Crippen LogP contribution < -0.4 is 16.2 Å². The Labute approximate surface area is 384 Å². The average molecular weight is 966 g/mol. The number of benzene rings is 1. The van der Waals surface area contributed by atoms with E-state index >= 15 is 4.39 Å². The van der Waals surface area contributed by atoms with E-state index < -0.39 is 108 Å². The Balaban J connectivity index is 1.07. The number of aromatic nitrogens is 8. The molecule has 1 aliphatic heterocycles. The summed E-state index contributed by atoms with van der Waals surface area (Å²) in [6.45, 7) is 19.0. The molecule has 3 aliphatic rings. The fourth-order valence-corrected chi connectivity index (χ4v) is 11.2. The van der Waals surface area contributed by atoms with Crippen molar-refractivity contribution in [3.05, 3.63) is 76.6 Å². The zero-order valence-electron chi connectivity index (χ0n) is 37.8. The number of amides is 2. The molecule has 25 heteroatoms. The highest BCUT2D eigenvalue weighted by atomic mass is 31.2. The van der Waals surface area contributed by atoms with Gasteiger partial charge in [-0.15, -0.1) is 0 Å². The predicted octanol–water partition coefficient (Wildman–Crippen LogP) is 4.79. The molecule has 0 bridgehead atoms. The van der Waals surface area contributed by atoms with Crippen LogP contribution in [0.1, 0.15) is 63.7 Å². The molecule has 358 valence electrons. The summed E-state index contributed by atoms with van der Waals surface area (Å²) in [4.78, 5) is 66.0. The number of aliphatic hydroxyl groups excluding tert-OH is 2. The molecule has 8 rings (SSSR count). The Morgan fingerprint density at radius 3 is 2.49 bits per heavy atom. The van der Waals surface area contributed by atoms with Gasteiger partial charge in [0.05, 0.1) is 38.0 Å². The molecule has 2 aliphatic carbocycles. The molecule has 2 saturated carbocycles. The van der Waals surface area contributed by atoms with Crippen LogP contribution in [0.15, 0.2) is 54.1 Å². The minimum atomic E-state index is -4.86. The molecule has 10 atom stereocenters. The van der Waals surface area contributed by atoms with Crippen molar-refractivity contribution in [3.63, 3.8) is 0 Å². The summed E-state index contributed by atoms with van der Waals surface area (Å²) in [6.07, 6.45) is -4.92. The summed E-state index contributed by atoms with van der Waals surface area (Å²) in [5.41, 5.74) is -1.04. The lowest BCUT2D eigenvalue weighted by Gasteiger charge is -2.42. The number of hydrogen-bond acceptors (Lipinski definition) is 16. The number of phosphoric acid groups is 1. The van der Waals surface area contributed by atoms with Crippen molar-refractivity contribution >= 4 is 62.0 Å². The van der Waals surface area contributed by atoms with Crippen LogP contribution in [-0.4, -0.2) is 126 Å². The molecule has 1 aromatic carbocycles. The predicted molar refractivity (Wildman–Crippen MR) is 241 cm³/mol. The lowest BCUT2D eigenvalue weighted by molar-refractivity contribution is -0.118. The number of H-pyrrole nitrogens is 1. The van der Waals surface area contributed by atoms with Crippen LogP contribution in [0.2, 0.25) is 18.1 Å². The van der Waals surface area contributed by atoms with E-state index in [-0.39, 0.29) is 51.6 Å². The number of hydrogen-bond donors (Lipinski definition) is 5. The number of carbonyl (C=O) groups is 2. The molecule has 5 N–H and O–H groups in total. The first-order chi connectivity index (χ1) is 31.7. The van der Waals surface area contributed by atoms with Crippen molar-refractivity contribution < 1.29 is 51.5 Å². The third-order valence-corrected chi connectivity index (χ3v) is 19.0. The van der Waals surface area contributed by atoms with E-state index in [9.17, 15) is 29.2 Å². The number of aliphatic hydroxyl groups is 2. The highest BCUT2D eigenvalue weighted by Crippen LogP contribution is 2.71. The molecule has 0 radical (unpaired) electrons. The van der Waals surface area contributed by atoms with Gasteiger partial charge in [-0.3, -0.25) is 42.8 Å². The number of aromatic amines is 1. The van der Waals surface area contributed by atoms with E-state index in [1.807, 2.05) is 33.9 Å². The number of nitrogens with one attached hydrogen (secondary N) is 3. The number of phosphoric ester groups is 1. The third-order valence-electron chi connectivity index (χ3n) is 13.1. The van der Waals surface area contributed by atoms with E-state index in [4.69, 9.17) is 29.3 Å². The first-order valence-electron chi connectivity index (χ1n) is 21.7. The van der Waals surface area contributed by atoms with Gasteiger partial charge < -0.3 is 34.1 Å². The Kier molecular flexibility index (Phi) is 13.1. The van der Waals surface area contributed by atoms with Crippen molar-refractivity contribution in [2.45, 2.75) is 102 Å². The maximum absolute atomic E-state index is 16.9. The van der Waals surface area contributed by atoms with Gasteiger partial charge in [0.2, 0.25) is 18.4 Å². The van der Waals surface area contributed by atoms with E-state index in [1.165, 1.54) is 17.2 Å². The monoisotopic (exact) mass is 965 g/mol. The molecule has 2 amide bonds. The zero-order chi connectivity index (χ0) is 48.2. The van der Waals surface area contributed by atoms with Crippen molar-refractivity contribution in [1.82, 2.24) is 39.0 Å². The summed E-state index contributed by atoms with van der Waals surface area (Å²) in [7, 11) is -7.54. The Morgan fingerprint density at radius 1 is 1.09 bits per heavy atom. The second-order valence-electron chi connectivity index (χ2n) is 18.8. The number of anilines is 2. The molecule has 67 heavy (non-hydrogen) atoms. The summed E-state index contributed by atoms with van der Waals surface area (Å²) in [5.74, 6) is -1.77. The molecular formula is C42H53FN11O11PSi. The number of halogens is 1. The van der Waals surface area contributed by atoms with Gasteiger partial charge in [-0.05, 0) is 42.6 Å². The Bertz CT molecular complexity index is 2820. The molecule has 5 aromatic rings. The van der Waals surface area contributed by atoms with Crippen molar-refractivity contribution in [3.8, 4) is 0 Å². The first kappa shape index (κ1) is 48.1. The Morgan fingerprint density at radius 2 is 1.81 bits per heavy atom. The summed E-state index contributed by atoms with van der Waals surface area (Å²) < 4.78 is 65.1. The lowest BCUT2D eigenvalue weighted by Crippen LogP contribution is -2.50. The van der Waals surface area contributed by atoms with Gasteiger partial charge in [-0.25, -0.2) is 35.5 Å². The minimum absolute atomic E-state index is 0.0279. The van der Waals surface area contributed by atoms with Crippen molar-refractivity contribution in [2.24, 2.45) is 17.3 Å². The van der Waals surface area contributed by atoms with Crippen LogP contribution in [0.25, 0.3) is 27.2 Å². The third kappa shape index (κ3) is 9.07. The normalized spacial score (nSPS) is 27.0. The van der Waals surface area contributed by atoms with E-state index in [0.717, 1.165) is 6.33 Å². The fraction of sp³-hybridized carbons (Fsp3) is 0.548. The van der Waals surface area contributed by atoms with Gasteiger partial charge in [0.15, 0.2) is 48.9 Å². The second kappa shape index (κ2) is 18.3. The molecule has 3 fully saturated rings. The summed E-state index contributed by atoms with van der Waals surface area (Å²) in [6, 6.07) is 7.60. The number of nitrogens with zero attached hydrogens (tertiary/aromatic N) is 8. The lowest BCUT2D eigenvalue weighted by atomic mass is 10.0. The second-order valence-corrected chi connectivity index (χ2v) is 25.1. The number of ether oxygens (including phenoxy) is 1. The maximum atomic E-state index is 16.9. The highest BCUT2D eigenvalue weighted by molar-refractivity contribution is 7.48. The first-order valence-corrected chi connectivity index (χ1v) is 26.1. The average Bonchev–Trinajstić information content (AvgIpc) is 3.54.